The number of aromatic carboxylic acids is 1. The molecule has 2 aromatic heterocycles. The molecule has 38 heavy (non-hydrogen) atoms. The molecule has 10 nitrogen and oxygen atoms in total. The molecular formula is C27H20ClN7O3. The number of carboxylic acids is 1. The number of nitrogens with zero attached hydrogens (tertiary/aromatic N) is 4. The van der Waals surface area contributed by atoms with Crippen LogP contribution in [0.4, 0.5) is 29.2 Å². The second-order valence-electron chi connectivity index (χ2n) is 7.86. The lowest BCUT2D eigenvalue weighted by Crippen LogP contribution is -2.07. The highest BCUT2D eigenvalue weighted by Crippen LogP contribution is 2.27. The predicted octanol–water partition coefficient (Wildman–Crippen LogP) is 6.42. The first-order chi connectivity index (χ1) is 18.5. The highest BCUT2D eigenvalue weighted by Gasteiger charge is 2.12. The fourth-order valence-electron chi connectivity index (χ4n) is 3.41. The number of aromatic nitrogens is 3. The summed E-state index contributed by atoms with van der Waals surface area (Å²) in [4.78, 5) is 24.6. The third-order valence-electron chi connectivity index (χ3n) is 5.16. The number of benzene rings is 3. The zero-order valence-corrected chi connectivity index (χ0v) is 20.4. The number of hydrogen-bond donors (Lipinski definition) is 4. The van der Waals surface area contributed by atoms with Crippen LogP contribution in [0.5, 0.6) is 0 Å². The van der Waals surface area contributed by atoms with Gasteiger partial charge >= 0.3 is 5.97 Å². The molecule has 5 aromatic rings. The maximum Gasteiger partial charge on any atom is 0.337 e. The minimum absolute atomic E-state index is 0.00730. The molecule has 0 fully saturated rings. The second kappa shape index (κ2) is 11.2. The van der Waals surface area contributed by atoms with Crippen LogP contribution in [0.25, 0.3) is 11.3 Å². The van der Waals surface area contributed by atoms with Crippen LogP contribution in [0.3, 0.4) is 0 Å². The third-order valence-corrected chi connectivity index (χ3v) is 5.49. The monoisotopic (exact) mass is 525 g/mol. The van der Waals surface area contributed by atoms with Gasteiger partial charge < -0.3 is 20.2 Å². The van der Waals surface area contributed by atoms with E-state index in [4.69, 9.17) is 16.0 Å². The number of para-hydroxylation sites is 2. The molecule has 0 bridgehead atoms. The first-order valence-electron chi connectivity index (χ1n) is 11.4. The van der Waals surface area contributed by atoms with Crippen molar-refractivity contribution in [2.75, 3.05) is 16.1 Å². The normalized spacial score (nSPS) is 10.9. The number of nitrogens with one attached hydrogen (secondary N) is 3. The van der Waals surface area contributed by atoms with Gasteiger partial charge in [0, 0.05) is 16.9 Å². The molecule has 2 heterocycles. The van der Waals surface area contributed by atoms with Gasteiger partial charge in [0.1, 0.15) is 11.5 Å². The fraction of sp³-hybridized carbons (Fsp3) is 0. The number of hydrogen-bond acceptors (Lipinski definition) is 9. The van der Waals surface area contributed by atoms with Gasteiger partial charge in [0.15, 0.2) is 0 Å². The molecule has 0 aliphatic carbocycles. The number of anilines is 5. The van der Waals surface area contributed by atoms with Crippen molar-refractivity contribution in [3.05, 3.63) is 107 Å². The van der Waals surface area contributed by atoms with Crippen LogP contribution in [0.2, 0.25) is 5.02 Å². The van der Waals surface area contributed by atoms with Gasteiger partial charge in [-0.25, -0.2) is 10.2 Å². The molecule has 0 atom stereocenters. The molecule has 0 saturated heterocycles. The predicted molar refractivity (Wildman–Crippen MR) is 147 cm³/mol. The Morgan fingerprint density at radius 3 is 2.03 bits per heavy atom. The van der Waals surface area contributed by atoms with Gasteiger partial charge in [0.25, 0.3) is 0 Å². The lowest BCUT2D eigenvalue weighted by molar-refractivity contribution is 0.0697. The zero-order valence-electron chi connectivity index (χ0n) is 19.7. The van der Waals surface area contributed by atoms with E-state index in [1.54, 1.807) is 18.2 Å². The Kier molecular flexibility index (Phi) is 7.23. The molecule has 3 aromatic carbocycles. The van der Waals surface area contributed by atoms with Crippen molar-refractivity contribution in [3.63, 3.8) is 0 Å². The summed E-state index contributed by atoms with van der Waals surface area (Å²) in [6.45, 7) is 0. The van der Waals surface area contributed by atoms with Crippen molar-refractivity contribution in [2.24, 2.45) is 5.10 Å². The Morgan fingerprint density at radius 1 is 0.816 bits per heavy atom. The molecule has 188 valence electrons. The maximum absolute atomic E-state index is 11.4. The Balaban J connectivity index is 1.34. The van der Waals surface area contributed by atoms with Gasteiger partial charge in [-0.1, -0.05) is 48.0 Å². The van der Waals surface area contributed by atoms with Gasteiger partial charge in [-0.15, -0.1) is 0 Å². The summed E-state index contributed by atoms with van der Waals surface area (Å²) in [5.74, 6) is 0.616. The van der Waals surface area contributed by atoms with E-state index in [1.165, 1.54) is 18.3 Å². The maximum atomic E-state index is 11.4. The molecule has 0 radical (unpaired) electrons. The summed E-state index contributed by atoms with van der Waals surface area (Å²) in [5.41, 5.74) is 4.99. The van der Waals surface area contributed by atoms with Crippen molar-refractivity contribution in [3.8, 4) is 11.3 Å². The summed E-state index contributed by atoms with van der Waals surface area (Å²) in [6, 6.07) is 27.1. The first-order valence-corrected chi connectivity index (χ1v) is 11.7. The van der Waals surface area contributed by atoms with E-state index in [0.29, 0.717) is 29.0 Å². The lowest BCUT2D eigenvalue weighted by Gasteiger charge is -2.10. The minimum atomic E-state index is -1.12. The second-order valence-corrected chi connectivity index (χ2v) is 8.27. The topological polar surface area (TPSA) is 138 Å². The highest BCUT2D eigenvalue weighted by atomic mass is 35.5. The zero-order chi connectivity index (χ0) is 26.3. The van der Waals surface area contributed by atoms with Crippen molar-refractivity contribution < 1.29 is 14.3 Å². The largest absolute Gasteiger partial charge is 0.478 e. The fourth-order valence-corrected chi connectivity index (χ4v) is 3.61. The average molecular weight is 526 g/mol. The standard InChI is InChI=1S/C27H20ClN7O3/c28-22-13-11-17(15-21(22)24(36)37)23-14-12-20(38-23)16-29-35-27-33-25(30-18-7-3-1-4-8-18)32-26(34-27)31-19-9-5-2-6-10-19/h1-16H,(H,36,37)(H3,30,31,32,33,34,35). The van der Waals surface area contributed by atoms with Crippen molar-refractivity contribution >= 4 is 53.0 Å². The average Bonchev–Trinajstić information content (AvgIpc) is 3.39. The molecule has 11 heteroatoms. The molecule has 0 amide bonds. The smallest absolute Gasteiger partial charge is 0.337 e. The van der Waals surface area contributed by atoms with Gasteiger partial charge in [0.2, 0.25) is 17.8 Å². The van der Waals surface area contributed by atoms with Crippen LogP contribution in [-0.2, 0) is 0 Å². The summed E-state index contributed by atoms with van der Waals surface area (Å²) in [7, 11) is 0. The summed E-state index contributed by atoms with van der Waals surface area (Å²) < 4.78 is 5.78. The van der Waals surface area contributed by atoms with E-state index in [9.17, 15) is 9.90 Å². The highest BCUT2D eigenvalue weighted by molar-refractivity contribution is 6.33. The molecule has 5 rings (SSSR count). The van der Waals surface area contributed by atoms with Gasteiger partial charge in [-0.2, -0.15) is 20.1 Å². The van der Waals surface area contributed by atoms with Gasteiger partial charge in [-0.05, 0) is 54.6 Å². The van der Waals surface area contributed by atoms with Crippen molar-refractivity contribution in [1.82, 2.24) is 15.0 Å². The summed E-state index contributed by atoms with van der Waals surface area (Å²) in [5, 5.41) is 19.9. The van der Waals surface area contributed by atoms with Crippen molar-refractivity contribution in [1.29, 1.82) is 0 Å². The van der Waals surface area contributed by atoms with Crippen LogP contribution in [0.1, 0.15) is 16.1 Å². The van der Waals surface area contributed by atoms with E-state index < -0.39 is 5.97 Å². The Bertz CT molecular complexity index is 1530. The van der Waals surface area contributed by atoms with Gasteiger partial charge in [-0.3, -0.25) is 0 Å². The first kappa shape index (κ1) is 24.5. The van der Waals surface area contributed by atoms with Crippen LogP contribution in [0.15, 0.2) is 101 Å². The minimum Gasteiger partial charge on any atom is -0.478 e. The number of carboxylic acid groups (broad SMARTS) is 1. The number of rotatable bonds is 9. The lowest BCUT2D eigenvalue weighted by atomic mass is 10.1. The SMILES string of the molecule is O=C(O)c1cc(-c2ccc(C=NNc3nc(Nc4ccccc4)nc(Nc4ccccc4)n3)o2)ccc1Cl. The Hall–Kier alpha value is -5.22. The Morgan fingerprint density at radius 2 is 1.42 bits per heavy atom. The molecule has 0 aliphatic heterocycles. The molecule has 4 N–H and O–H groups in total. The summed E-state index contributed by atoms with van der Waals surface area (Å²) in [6.07, 6.45) is 1.45. The molecule has 0 unspecified atom stereocenters. The van der Waals surface area contributed by atoms with Crippen LogP contribution >= 0.6 is 11.6 Å². The van der Waals surface area contributed by atoms with Crippen LogP contribution in [0, 0.1) is 0 Å². The van der Waals surface area contributed by atoms with Crippen molar-refractivity contribution in [2.45, 2.75) is 0 Å². The molecule has 0 saturated carbocycles. The van der Waals surface area contributed by atoms with E-state index in [-0.39, 0.29) is 16.5 Å². The number of halogens is 1. The van der Waals surface area contributed by atoms with E-state index in [1.807, 2.05) is 60.7 Å². The van der Waals surface area contributed by atoms with Crippen LogP contribution in [-0.4, -0.2) is 32.2 Å². The molecule has 0 spiro atoms. The molecule has 0 aliphatic rings. The van der Waals surface area contributed by atoms with Crippen LogP contribution < -0.4 is 16.1 Å². The quantitative estimate of drug-likeness (QED) is 0.127. The molecular weight excluding hydrogens is 506 g/mol. The number of carbonyl (C=O) groups is 1. The number of furan rings is 1. The van der Waals surface area contributed by atoms with E-state index >= 15 is 0 Å². The number of hydrazone groups is 1. The third kappa shape index (κ3) is 6.12. The Labute approximate surface area is 222 Å². The van der Waals surface area contributed by atoms with E-state index in [2.05, 4.69) is 36.1 Å². The van der Waals surface area contributed by atoms with E-state index in [0.717, 1.165) is 11.4 Å². The summed E-state index contributed by atoms with van der Waals surface area (Å²) >= 11 is 5.96. The van der Waals surface area contributed by atoms with Gasteiger partial charge in [0.05, 0.1) is 16.8 Å².